The summed E-state index contributed by atoms with van der Waals surface area (Å²) in [7, 11) is -4.12. The molecule has 4 rings (SSSR count). The van der Waals surface area contributed by atoms with Gasteiger partial charge in [-0.3, -0.25) is 9.59 Å². The van der Waals surface area contributed by atoms with E-state index in [2.05, 4.69) is 5.16 Å². The first-order chi connectivity index (χ1) is 14.9. The van der Waals surface area contributed by atoms with Gasteiger partial charge in [-0.25, -0.2) is 8.42 Å². The quantitative estimate of drug-likeness (QED) is 0.237. The third-order valence-electron chi connectivity index (χ3n) is 6.43. The summed E-state index contributed by atoms with van der Waals surface area (Å²) in [4.78, 5) is 42.8. The zero-order valence-electron chi connectivity index (χ0n) is 19.0. The molecule has 3 aliphatic heterocycles. The van der Waals surface area contributed by atoms with Crippen molar-refractivity contribution in [2.24, 2.45) is 11.1 Å². The molecule has 1 aromatic rings. The molecule has 172 valence electrons. The smallest absolute Gasteiger partial charge is 0.548 e. The number of ether oxygens (including phenoxy) is 1. The fourth-order valence-electron chi connectivity index (χ4n) is 4.69. The molecule has 0 spiro atoms. The number of hydrogen-bond donors (Lipinski definition) is 0. The maximum Gasteiger partial charge on any atom is 1.00 e. The van der Waals surface area contributed by atoms with Gasteiger partial charge in [-0.1, -0.05) is 35.0 Å². The summed E-state index contributed by atoms with van der Waals surface area (Å²) < 4.78 is 30.0. The van der Waals surface area contributed by atoms with Gasteiger partial charge < -0.3 is 24.4 Å². The fraction of sp³-hybridized carbons (Fsp3) is 0.524. The Morgan fingerprint density at radius 2 is 1.88 bits per heavy atom. The van der Waals surface area contributed by atoms with Gasteiger partial charge >= 0.3 is 35.5 Å². The van der Waals surface area contributed by atoms with Crippen LogP contribution in [-0.2, 0) is 33.8 Å². The molecule has 3 heterocycles. The normalized spacial score (nSPS) is 29.6. The zero-order valence-corrected chi connectivity index (χ0v) is 21.8. The van der Waals surface area contributed by atoms with Gasteiger partial charge in [0.2, 0.25) is 5.91 Å². The average Bonchev–Trinajstić information content (AvgIpc) is 3.22. The number of amides is 1. The molecule has 0 aromatic heterocycles. The third-order valence-corrected chi connectivity index (χ3v) is 9.28. The number of fused-ring (bicyclic) bond motifs is 1. The number of nitrogens with zero attached hydrogens (tertiary/aromatic N) is 2. The minimum atomic E-state index is -4.12. The van der Waals surface area contributed by atoms with E-state index in [9.17, 15) is 27.9 Å². The molecule has 3 unspecified atom stereocenters. The molecular formula is C21H23N2NaO8S. The second-order valence-corrected chi connectivity index (χ2v) is 11.5. The molecule has 2 fully saturated rings. The third kappa shape index (κ3) is 3.88. The van der Waals surface area contributed by atoms with E-state index >= 15 is 0 Å². The second-order valence-electron chi connectivity index (χ2n) is 8.86. The van der Waals surface area contributed by atoms with Crippen molar-refractivity contribution in [2.45, 2.75) is 62.5 Å². The van der Waals surface area contributed by atoms with Gasteiger partial charge in [0.05, 0.1) is 22.5 Å². The fourth-order valence-corrected chi connectivity index (χ4v) is 7.02. The summed E-state index contributed by atoms with van der Waals surface area (Å²) in [5.41, 5.74) is 2.41. The van der Waals surface area contributed by atoms with Crippen molar-refractivity contribution >= 4 is 33.4 Å². The molecule has 1 aromatic carbocycles. The molecule has 5 atom stereocenters. The zero-order chi connectivity index (χ0) is 23.6. The van der Waals surface area contributed by atoms with Crippen LogP contribution in [0.3, 0.4) is 0 Å². The van der Waals surface area contributed by atoms with Gasteiger partial charge in [-0.15, -0.1) is 0 Å². The van der Waals surface area contributed by atoms with Crippen molar-refractivity contribution in [3.05, 3.63) is 35.4 Å². The van der Waals surface area contributed by atoms with Crippen molar-refractivity contribution in [3.63, 3.8) is 0 Å². The van der Waals surface area contributed by atoms with Crippen molar-refractivity contribution in [1.29, 1.82) is 0 Å². The van der Waals surface area contributed by atoms with Crippen LogP contribution >= 0.6 is 0 Å². The number of aryl methyl sites for hydroxylation is 1. The number of carboxylic acid groups (broad SMARTS) is 1. The Bertz CT molecular complexity index is 1130. The maximum absolute atomic E-state index is 13.2. The van der Waals surface area contributed by atoms with Crippen LogP contribution < -0.4 is 34.7 Å². The number of esters is 1. The molecule has 0 bridgehead atoms. The Morgan fingerprint density at radius 1 is 1.27 bits per heavy atom. The van der Waals surface area contributed by atoms with Crippen LogP contribution in [0.1, 0.15) is 38.3 Å². The summed E-state index contributed by atoms with van der Waals surface area (Å²) in [6.07, 6.45) is -1.96. The average molecular weight is 486 g/mol. The van der Waals surface area contributed by atoms with Gasteiger partial charge in [0.1, 0.15) is 5.92 Å². The van der Waals surface area contributed by atoms with E-state index in [4.69, 9.17) is 9.57 Å². The Morgan fingerprint density at radius 3 is 2.42 bits per heavy atom. The number of aliphatic carboxylic acids is 1. The number of rotatable bonds is 5. The molecule has 3 aliphatic rings. The van der Waals surface area contributed by atoms with Crippen molar-refractivity contribution in [3.8, 4) is 0 Å². The monoisotopic (exact) mass is 486 g/mol. The van der Waals surface area contributed by atoms with Gasteiger partial charge in [0, 0.05) is 13.3 Å². The largest absolute Gasteiger partial charge is 1.00 e. The summed E-state index contributed by atoms with van der Waals surface area (Å²) >= 11 is 0. The van der Waals surface area contributed by atoms with E-state index in [1.807, 2.05) is 31.2 Å². The van der Waals surface area contributed by atoms with E-state index < -0.39 is 62.0 Å². The van der Waals surface area contributed by atoms with Crippen LogP contribution in [0.15, 0.2) is 29.4 Å². The Hall–Kier alpha value is -1.95. The summed E-state index contributed by atoms with van der Waals surface area (Å²) in [6.45, 7) is 5.57. The van der Waals surface area contributed by atoms with Crippen molar-refractivity contribution in [1.82, 2.24) is 4.90 Å². The minimum absolute atomic E-state index is 0. The molecule has 33 heavy (non-hydrogen) atoms. The Kier molecular flexibility index (Phi) is 6.75. The second kappa shape index (κ2) is 8.68. The first-order valence-electron chi connectivity index (χ1n) is 10.1. The number of carbonyl (C=O) groups excluding carboxylic acids is 3. The van der Waals surface area contributed by atoms with Crippen LogP contribution in [0.5, 0.6) is 0 Å². The first-order valence-corrected chi connectivity index (χ1v) is 11.7. The van der Waals surface area contributed by atoms with Crippen LogP contribution in [0, 0.1) is 12.8 Å². The van der Waals surface area contributed by atoms with Gasteiger partial charge in [0.25, 0.3) is 0 Å². The van der Waals surface area contributed by atoms with E-state index in [1.165, 1.54) is 13.8 Å². The van der Waals surface area contributed by atoms with Crippen LogP contribution in [0.4, 0.5) is 0 Å². The van der Waals surface area contributed by atoms with Crippen molar-refractivity contribution in [2.75, 3.05) is 0 Å². The number of sulfone groups is 1. The predicted molar refractivity (Wildman–Crippen MR) is 109 cm³/mol. The summed E-state index contributed by atoms with van der Waals surface area (Å²) in [6, 6.07) is 5.87. The van der Waals surface area contributed by atoms with E-state index in [1.54, 1.807) is 0 Å². The van der Waals surface area contributed by atoms with E-state index in [0.717, 1.165) is 23.0 Å². The Labute approximate surface area is 213 Å². The minimum Gasteiger partial charge on any atom is -0.548 e. The molecule has 2 saturated heterocycles. The molecule has 0 saturated carbocycles. The summed E-state index contributed by atoms with van der Waals surface area (Å²) in [5.74, 6) is -4.42. The van der Waals surface area contributed by atoms with Crippen LogP contribution in [0.2, 0.25) is 0 Å². The van der Waals surface area contributed by atoms with Crippen LogP contribution in [0.25, 0.3) is 0 Å². The molecule has 10 nitrogen and oxygen atoms in total. The molecular weight excluding hydrogens is 463 g/mol. The first kappa shape index (κ1) is 25.7. The molecule has 0 radical (unpaired) electrons. The standard InChI is InChI=1S/C21H24N2O8S.Na/c1-10-5-7-12(8-6-10)13-9-14(31-22-13)16(30-11(2)24)15-18(25)23-17(20(26)27)21(3,4)32(28,29)19(15)23;/h5-8,14-17,19H,9H2,1-4H3,(H,26,27);/q;+1/p-1/t14?,15-,16?,17+,19?;/m1./s1. The molecule has 0 aliphatic carbocycles. The summed E-state index contributed by atoms with van der Waals surface area (Å²) in [5, 5.41) is 14.3. The number of benzene rings is 1. The molecule has 0 N–H and O–H groups in total. The van der Waals surface area contributed by atoms with E-state index in [-0.39, 0.29) is 36.0 Å². The topological polar surface area (TPSA) is 142 Å². The SMILES string of the molecule is CC(=O)OC(C1CC(c2ccc(C)cc2)=NO1)[C@@H]1C(=O)N2C1S(=O)(=O)C(C)(C)[C@@H]2C(=O)[O-].[Na+]. The van der Waals surface area contributed by atoms with Gasteiger partial charge in [0.15, 0.2) is 27.4 Å². The van der Waals surface area contributed by atoms with Crippen molar-refractivity contribution < 1.29 is 67.0 Å². The maximum atomic E-state index is 13.2. The van der Waals surface area contributed by atoms with Gasteiger partial charge in [-0.2, -0.15) is 0 Å². The number of carbonyl (C=O) groups is 3. The Balaban J connectivity index is 0.00000306. The predicted octanol–water partition coefficient (Wildman–Crippen LogP) is -3.47. The number of oxime groups is 1. The van der Waals surface area contributed by atoms with Gasteiger partial charge in [-0.05, 0) is 26.3 Å². The number of carboxylic acids is 1. The van der Waals surface area contributed by atoms with E-state index in [0.29, 0.717) is 5.71 Å². The number of β-lactam (4-membered cyclic amide) rings is 1. The van der Waals surface area contributed by atoms with Crippen LogP contribution in [-0.4, -0.2) is 65.2 Å². The molecule has 1 amide bonds. The number of hydrogen-bond acceptors (Lipinski definition) is 9. The molecule has 12 heteroatoms.